The molecular weight excluding hydrogens is 525 g/mol. The number of rotatable bonds is 7. The van der Waals surface area contributed by atoms with E-state index in [1.54, 1.807) is 35.0 Å². The quantitative estimate of drug-likeness (QED) is 0.351. The number of benzene rings is 1. The van der Waals surface area contributed by atoms with Crippen molar-refractivity contribution in [1.82, 2.24) is 29.4 Å². The van der Waals surface area contributed by atoms with Gasteiger partial charge in [-0.3, -0.25) is 9.62 Å². The standard InChI is InChI=1S/C27H31Cl2N7S/c1-16-11-18(6-9-25(16)35-10-4-5-20(35)14-32-37-3)24-15-31-26-23(13-30)34-36(27(26)33-24)17(2)21-8-7-19(28)12-22(21)29/h6-8,12,15-17,20,25,32H,4-5,9-11,14H2,1-3H3. The number of aromatic nitrogens is 4. The van der Waals surface area contributed by atoms with Gasteiger partial charge in [-0.25, -0.2) is 14.6 Å². The summed E-state index contributed by atoms with van der Waals surface area (Å²) in [5, 5.41) is 15.4. The molecule has 1 aliphatic heterocycles. The third-order valence-electron chi connectivity index (χ3n) is 7.73. The van der Waals surface area contributed by atoms with Crippen molar-refractivity contribution in [3.8, 4) is 6.07 Å². The van der Waals surface area contributed by atoms with Crippen LogP contribution in [0.5, 0.6) is 0 Å². The van der Waals surface area contributed by atoms with Gasteiger partial charge in [-0.2, -0.15) is 10.4 Å². The predicted octanol–water partition coefficient (Wildman–Crippen LogP) is 6.13. The maximum Gasteiger partial charge on any atom is 0.190 e. The van der Waals surface area contributed by atoms with Gasteiger partial charge in [0, 0.05) is 28.7 Å². The lowest BCUT2D eigenvalue weighted by Crippen LogP contribution is -2.46. The summed E-state index contributed by atoms with van der Waals surface area (Å²) in [5.41, 5.74) is 4.27. The van der Waals surface area contributed by atoms with Crippen molar-refractivity contribution in [3.05, 3.63) is 57.5 Å². The molecule has 194 valence electrons. The van der Waals surface area contributed by atoms with Gasteiger partial charge in [-0.1, -0.05) is 54.2 Å². The van der Waals surface area contributed by atoms with Crippen LogP contribution >= 0.6 is 35.1 Å². The molecule has 2 aliphatic rings. The molecule has 2 aromatic heterocycles. The van der Waals surface area contributed by atoms with Crippen LogP contribution in [0, 0.1) is 17.2 Å². The smallest absolute Gasteiger partial charge is 0.190 e. The largest absolute Gasteiger partial charge is 0.296 e. The maximum atomic E-state index is 9.69. The Kier molecular flexibility index (Phi) is 8.08. The molecular formula is C27H31Cl2N7S. The Balaban J connectivity index is 1.45. The number of nitriles is 1. The third kappa shape index (κ3) is 5.25. The van der Waals surface area contributed by atoms with Crippen molar-refractivity contribution >= 4 is 51.9 Å². The van der Waals surface area contributed by atoms with Gasteiger partial charge in [0.05, 0.1) is 17.9 Å². The van der Waals surface area contributed by atoms with Crippen LogP contribution in [0.25, 0.3) is 16.7 Å². The molecule has 1 N–H and O–H groups in total. The minimum Gasteiger partial charge on any atom is -0.296 e. The number of halogens is 2. The Morgan fingerprint density at radius 2 is 2.16 bits per heavy atom. The molecule has 0 amide bonds. The number of fused-ring (bicyclic) bond motifs is 1. The summed E-state index contributed by atoms with van der Waals surface area (Å²) in [7, 11) is 0. The number of nitrogens with zero attached hydrogens (tertiary/aromatic N) is 6. The molecule has 3 aromatic rings. The van der Waals surface area contributed by atoms with Crippen LogP contribution in [-0.4, -0.2) is 56.1 Å². The van der Waals surface area contributed by atoms with E-state index in [2.05, 4.69) is 45.0 Å². The molecule has 1 saturated heterocycles. The summed E-state index contributed by atoms with van der Waals surface area (Å²) < 4.78 is 5.21. The molecule has 1 aliphatic carbocycles. The van der Waals surface area contributed by atoms with E-state index in [0.717, 1.165) is 30.6 Å². The van der Waals surface area contributed by atoms with Crippen LogP contribution in [0.15, 0.2) is 30.5 Å². The monoisotopic (exact) mass is 555 g/mol. The first-order valence-electron chi connectivity index (χ1n) is 12.7. The minimum atomic E-state index is -0.246. The second kappa shape index (κ2) is 11.3. The van der Waals surface area contributed by atoms with Crippen molar-refractivity contribution in [1.29, 1.82) is 5.26 Å². The van der Waals surface area contributed by atoms with Crippen LogP contribution in [0.4, 0.5) is 0 Å². The molecule has 0 radical (unpaired) electrons. The molecule has 5 rings (SSSR count). The van der Waals surface area contributed by atoms with Gasteiger partial charge in [-0.05, 0) is 74.6 Å². The number of allylic oxidation sites excluding steroid dienone is 1. The number of nitrogens with one attached hydrogen (secondary N) is 1. The van der Waals surface area contributed by atoms with E-state index in [4.69, 9.17) is 28.2 Å². The fourth-order valence-electron chi connectivity index (χ4n) is 5.81. The Morgan fingerprint density at radius 1 is 1.32 bits per heavy atom. The van der Waals surface area contributed by atoms with Gasteiger partial charge in [0.25, 0.3) is 0 Å². The maximum absolute atomic E-state index is 9.69. The highest BCUT2D eigenvalue weighted by Crippen LogP contribution is 2.37. The van der Waals surface area contributed by atoms with Gasteiger partial charge in [-0.15, -0.1) is 0 Å². The summed E-state index contributed by atoms with van der Waals surface area (Å²) in [4.78, 5) is 12.4. The van der Waals surface area contributed by atoms with Crippen molar-refractivity contribution in [3.63, 3.8) is 0 Å². The molecule has 3 heterocycles. The van der Waals surface area contributed by atoms with E-state index in [-0.39, 0.29) is 11.7 Å². The fraction of sp³-hybridized carbons (Fsp3) is 0.481. The normalized spacial score (nSPS) is 23.2. The molecule has 0 bridgehead atoms. The summed E-state index contributed by atoms with van der Waals surface area (Å²) in [5.74, 6) is 0.513. The molecule has 0 saturated carbocycles. The molecule has 7 nitrogen and oxygen atoms in total. The van der Waals surface area contributed by atoms with Crippen molar-refractivity contribution in [2.75, 3.05) is 19.3 Å². The molecule has 10 heteroatoms. The first-order valence-corrected chi connectivity index (χ1v) is 14.7. The van der Waals surface area contributed by atoms with Crippen LogP contribution in [0.2, 0.25) is 10.0 Å². The number of hydrogen-bond acceptors (Lipinski definition) is 7. The zero-order valence-electron chi connectivity index (χ0n) is 21.3. The van der Waals surface area contributed by atoms with Gasteiger partial charge in [0.2, 0.25) is 0 Å². The van der Waals surface area contributed by atoms with Gasteiger partial charge < -0.3 is 0 Å². The fourth-order valence-corrected chi connectivity index (χ4v) is 6.73. The highest BCUT2D eigenvalue weighted by atomic mass is 35.5. The van der Waals surface area contributed by atoms with Crippen LogP contribution in [-0.2, 0) is 0 Å². The lowest BCUT2D eigenvalue weighted by atomic mass is 9.83. The van der Waals surface area contributed by atoms with Crippen LogP contribution in [0.3, 0.4) is 0 Å². The summed E-state index contributed by atoms with van der Waals surface area (Å²) in [6.07, 6.45) is 10.7. The average Bonchev–Trinajstić information content (AvgIpc) is 3.51. The Bertz CT molecular complexity index is 1360. The van der Waals surface area contributed by atoms with Gasteiger partial charge in [0.1, 0.15) is 11.6 Å². The summed E-state index contributed by atoms with van der Waals surface area (Å²) >= 11 is 14.3. The minimum absolute atomic E-state index is 0.246. The average molecular weight is 557 g/mol. The van der Waals surface area contributed by atoms with Crippen molar-refractivity contribution < 1.29 is 0 Å². The highest BCUT2D eigenvalue weighted by molar-refractivity contribution is 7.96. The van der Waals surface area contributed by atoms with E-state index in [0.29, 0.717) is 39.2 Å². The van der Waals surface area contributed by atoms with Crippen molar-refractivity contribution in [2.24, 2.45) is 5.92 Å². The van der Waals surface area contributed by atoms with E-state index in [1.165, 1.54) is 25.0 Å². The molecule has 37 heavy (non-hydrogen) atoms. The first kappa shape index (κ1) is 26.5. The molecule has 4 unspecified atom stereocenters. The van der Waals surface area contributed by atoms with Crippen LogP contribution in [0.1, 0.15) is 62.5 Å². The predicted molar refractivity (Wildman–Crippen MR) is 152 cm³/mol. The zero-order valence-corrected chi connectivity index (χ0v) is 23.6. The molecule has 4 atom stereocenters. The molecule has 1 aromatic carbocycles. The second-order valence-corrected chi connectivity index (χ2v) is 11.5. The number of hydrogen-bond donors (Lipinski definition) is 1. The SMILES string of the molecule is CSNCC1CCCN1C1CC=C(c2cnc3c(C#N)nn(C(C)c4ccc(Cl)cc4Cl)c3n2)CC1C. The zero-order chi connectivity index (χ0) is 26.1. The van der Waals surface area contributed by atoms with E-state index in [1.807, 2.05) is 13.0 Å². The molecule has 1 fully saturated rings. The Hall–Kier alpha value is -2.15. The van der Waals surface area contributed by atoms with Crippen LogP contribution < -0.4 is 4.72 Å². The van der Waals surface area contributed by atoms with E-state index in [9.17, 15) is 5.26 Å². The van der Waals surface area contributed by atoms with E-state index < -0.39 is 0 Å². The molecule has 0 spiro atoms. The first-order chi connectivity index (χ1) is 17.9. The highest BCUT2D eigenvalue weighted by Gasteiger charge is 2.35. The summed E-state index contributed by atoms with van der Waals surface area (Å²) in [6, 6.07) is 8.48. The second-order valence-electron chi connectivity index (χ2n) is 9.97. The topological polar surface area (TPSA) is 82.7 Å². The summed E-state index contributed by atoms with van der Waals surface area (Å²) in [6.45, 7) is 6.54. The van der Waals surface area contributed by atoms with E-state index >= 15 is 0 Å². The Morgan fingerprint density at radius 3 is 2.89 bits per heavy atom. The van der Waals surface area contributed by atoms with Gasteiger partial charge in [0.15, 0.2) is 11.3 Å². The lowest BCUT2D eigenvalue weighted by Gasteiger charge is -2.39. The Labute approximate surface area is 232 Å². The third-order valence-corrected chi connectivity index (χ3v) is 8.75. The van der Waals surface area contributed by atoms with Gasteiger partial charge >= 0.3 is 0 Å². The number of likely N-dealkylation sites (tertiary alicyclic amines) is 1. The lowest BCUT2D eigenvalue weighted by molar-refractivity contribution is 0.134. The van der Waals surface area contributed by atoms with Crippen molar-refractivity contribution in [2.45, 2.75) is 57.7 Å².